The van der Waals surface area contributed by atoms with Gasteiger partial charge in [-0.2, -0.15) is 0 Å². The maximum Gasteiger partial charge on any atom is 0.240 e. The molecule has 20 heavy (non-hydrogen) atoms. The predicted octanol–water partition coefficient (Wildman–Crippen LogP) is 0.679. The van der Waals surface area contributed by atoms with Crippen LogP contribution >= 0.6 is 0 Å². The lowest BCUT2D eigenvalue weighted by molar-refractivity contribution is 0.537. The molecule has 0 saturated carbocycles. The third-order valence-electron chi connectivity index (χ3n) is 3.18. The average Bonchev–Trinajstić information content (AvgIpc) is 2.24. The van der Waals surface area contributed by atoms with Crippen molar-refractivity contribution in [3.05, 3.63) is 23.8 Å². The molecular formula is C12H20N2O4S2. The minimum Gasteiger partial charge on any atom is -0.399 e. The molecule has 0 aliphatic carbocycles. The molecule has 1 aromatic carbocycles. The van der Waals surface area contributed by atoms with E-state index < -0.39 is 24.6 Å². The molecule has 114 valence electrons. The number of anilines is 1. The van der Waals surface area contributed by atoms with E-state index in [4.69, 9.17) is 5.73 Å². The quantitative estimate of drug-likeness (QED) is 0.776. The third kappa shape index (κ3) is 3.71. The minimum absolute atomic E-state index is 0.0935. The molecule has 0 spiro atoms. The van der Waals surface area contributed by atoms with E-state index in [2.05, 4.69) is 4.72 Å². The Morgan fingerprint density at radius 1 is 1.20 bits per heavy atom. The average molecular weight is 320 g/mol. The van der Waals surface area contributed by atoms with Crippen molar-refractivity contribution < 1.29 is 16.8 Å². The summed E-state index contributed by atoms with van der Waals surface area (Å²) in [7, 11) is -7.14. The molecule has 0 aromatic heterocycles. The van der Waals surface area contributed by atoms with Gasteiger partial charge in [-0.1, -0.05) is 0 Å². The van der Waals surface area contributed by atoms with Gasteiger partial charge in [0.2, 0.25) is 10.0 Å². The van der Waals surface area contributed by atoms with Crippen LogP contribution < -0.4 is 10.5 Å². The Morgan fingerprint density at radius 2 is 1.75 bits per heavy atom. The number of hydrogen-bond donors (Lipinski definition) is 2. The lowest BCUT2D eigenvalue weighted by Crippen LogP contribution is -2.43. The number of benzene rings is 1. The summed E-state index contributed by atoms with van der Waals surface area (Å²) in [6, 6.07) is 4.44. The van der Waals surface area contributed by atoms with Crippen LogP contribution in [0.25, 0.3) is 0 Å². The number of sulfone groups is 1. The van der Waals surface area contributed by atoms with E-state index in [9.17, 15) is 16.8 Å². The van der Waals surface area contributed by atoms with Gasteiger partial charge >= 0.3 is 0 Å². The van der Waals surface area contributed by atoms with E-state index in [1.807, 2.05) is 0 Å². The Morgan fingerprint density at radius 3 is 2.20 bits per heavy atom. The largest absolute Gasteiger partial charge is 0.399 e. The van der Waals surface area contributed by atoms with Gasteiger partial charge in [-0.3, -0.25) is 0 Å². The summed E-state index contributed by atoms with van der Waals surface area (Å²) < 4.78 is 48.7. The summed E-state index contributed by atoms with van der Waals surface area (Å²) in [6.07, 6.45) is 1.08. The van der Waals surface area contributed by atoms with Crippen LogP contribution in [0.15, 0.2) is 23.1 Å². The van der Waals surface area contributed by atoms with Gasteiger partial charge < -0.3 is 5.73 Å². The minimum atomic E-state index is -3.77. The molecule has 0 radical (unpaired) electrons. The Labute approximate surface area is 120 Å². The molecular weight excluding hydrogens is 300 g/mol. The van der Waals surface area contributed by atoms with Crippen molar-refractivity contribution in [1.82, 2.24) is 4.72 Å². The van der Waals surface area contributed by atoms with E-state index in [1.165, 1.54) is 26.0 Å². The summed E-state index contributed by atoms with van der Waals surface area (Å²) in [5.74, 6) is 0. The number of nitrogens with two attached hydrogens (primary N) is 1. The third-order valence-corrected chi connectivity index (χ3v) is 6.89. The normalized spacial score (nSPS) is 13.4. The van der Waals surface area contributed by atoms with Crippen molar-refractivity contribution in [2.45, 2.75) is 30.4 Å². The molecule has 0 aliphatic rings. The van der Waals surface area contributed by atoms with Crippen molar-refractivity contribution in [2.24, 2.45) is 0 Å². The molecule has 0 aliphatic heterocycles. The number of rotatable bonds is 5. The zero-order valence-corrected chi connectivity index (χ0v) is 13.6. The second kappa shape index (κ2) is 5.34. The Hall–Kier alpha value is -1.12. The molecule has 0 fully saturated rings. The highest BCUT2D eigenvalue weighted by molar-refractivity contribution is 7.92. The smallest absolute Gasteiger partial charge is 0.240 e. The van der Waals surface area contributed by atoms with Crippen LogP contribution in [0.5, 0.6) is 0 Å². The van der Waals surface area contributed by atoms with Crippen molar-refractivity contribution in [3.63, 3.8) is 0 Å². The van der Waals surface area contributed by atoms with Gasteiger partial charge in [-0.05, 0) is 44.5 Å². The molecule has 1 rings (SSSR count). The second-order valence-corrected chi connectivity index (χ2v) is 9.77. The van der Waals surface area contributed by atoms with Crippen molar-refractivity contribution in [3.8, 4) is 0 Å². The van der Waals surface area contributed by atoms with Gasteiger partial charge in [0.1, 0.15) is 0 Å². The lowest BCUT2D eigenvalue weighted by atomic mass is 10.2. The van der Waals surface area contributed by atoms with Gasteiger partial charge in [0.25, 0.3) is 0 Å². The van der Waals surface area contributed by atoms with E-state index in [1.54, 1.807) is 13.0 Å². The molecule has 0 saturated heterocycles. The fourth-order valence-corrected chi connectivity index (χ4v) is 3.31. The van der Waals surface area contributed by atoms with Gasteiger partial charge in [-0.25, -0.2) is 21.6 Å². The molecule has 0 unspecified atom stereocenters. The van der Waals surface area contributed by atoms with E-state index >= 15 is 0 Å². The zero-order chi connectivity index (χ0) is 15.8. The number of nitrogen functional groups attached to an aromatic ring is 1. The van der Waals surface area contributed by atoms with Gasteiger partial charge in [0.05, 0.1) is 9.64 Å². The Balaban J connectivity index is 3.03. The summed E-state index contributed by atoms with van der Waals surface area (Å²) in [5.41, 5.74) is 6.56. The second-order valence-electron chi connectivity index (χ2n) is 5.38. The lowest BCUT2D eigenvalue weighted by Gasteiger charge is -2.23. The summed E-state index contributed by atoms with van der Waals surface area (Å²) in [5, 5.41) is 0. The fraction of sp³-hybridized carbons (Fsp3) is 0.500. The van der Waals surface area contributed by atoms with E-state index in [-0.39, 0.29) is 11.4 Å². The van der Waals surface area contributed by atoms with Gasteiger partial charge in [-0.15, -0.1) is 0 Å². The van der Waals surface area contributed by atoms with Crippen LogP contribution in [0.3, 0.4) is 0 Å². The molecule has 6 nitrogen and oxygen atoms in total. The van der Waals surface area contributed by atoms with Crippen molar-refractivity contribution >= 4 is 25.5 Å². The summed E-state index contributed by atoms with van der Waals surface area (Å²) in [4.78, 5) is 0.0935. The standard InChI is InChI=1S/C12H20N2O4S2/c1-9-7-10(13)5-6-11(9)20(17,18)14-8-12(2,3)19(4,15)16/h5-7,14H,8,13H2,1-4H3. The Kier molecular flexibility index (Phi) is 4.52. The van der Waals surface area contributed by atoms with Crippen molar-refractivity contribution in [2.75, 3.05) is 18.5 Å². The summed E-state index contributed by atoms with van der Waals surface area (Å²) >= 11 is 0. The van der Waals surface area contributed by atoms with Crippen LogP contribution in [-0.2, 0) is 19.9 Å². The number of hydrogen-bond acceptors (Lipinski definition) is 5. The number of aryl methyl sites for hydroxylation is 1. The van der Waals surface area contributed by atoms with Crippen LogP contribution in [0.1, 0.15) is 19.4 Å². The van der Waals surface area contributed by atoms with Crippen LogP contribution in [0, 0.1) is 6.92 Å². The zero-order valence-electron chi connectivity index (χ0n) is 12.0. The van der Waals surface area contributed by atoms with E-state index in [0.29, 0.717) is 11.3 Å². The first-order valence-corrected chi connectivity index (χ1v) is 9.30. The predicted molar refractivity (Wildman–Crippen MR) is 79.7 cm³/mol. The summed E-state index contributed by atoms with van der Waals surface area (Å²) in [6.45, 7) is 4.38. The van der Waals surface area contributed by atoms with Gasteiger partial charge in [0.15, 0.2) is 9.84 Å². The molecule has 8 heteroatoms. The van der Waals surface area contributed by atoms with E-state index in [0.717, 1.165) is 6.26 Å². The molecule has 0 heterocycles. The molecule has 0 amide bonds. The molecule has 3 N–H and O–H groups in total. The monoisotopic (exact) mass is 320 g/mol. The Bertz CT molecular complexity index is 707. The van der Waals surface area contributed by atoms with Crippen LogP contribution in [0.4, 0.5) is 5.69 Å². The maximum absolute atomic E-state index is 12.2. The van der Waals surface area contributed by atoms with Gasteiger partial charge in [0, 0.05) is 18.5 Å². The first-order chi connectivity index (χ1) is 8.87. The number of nitrogens with one attached hydrogen (secondary N) is 1. The fourth-order valence-electron chi connectivity index (χ4n) is 1.45. The van der Waals surface area contributed by atoms with Crippen molar-refractivity contribution in [1.29, 1.82) is 0 Å². The number of sulfonamides is 1. The first kappa shape index (κ1) is 16.9. The SMILES string of the molecule is Cc1cc(N)ccc1S(=O)(=O)NCC(C)(C)S(C)(=O)=O. The first-order valence-electron chi connectivity index (χ1n) is 5.92. The highest BCUT2D eigenvalue weighted by Crippen LogP contribution is 2.19. The highest BCUT2D eigenvalue weighted by atomic mass is 32.2. The van der Waals surface area contributed by atoms with Crippen LogP contribution in [-0.4, -0.2) is 34.4 Å². The topological polar surface area (TPSA) is 106 Å². The molecule has 1 aromatic rings. The molecule has 0 atom stereocenters. The van der Waals surface area contributed by atoms with Crippen LogP contribution in [0.2, 0.25) is 0 Å². The molecule has 0 bridgehead atoms. The maximum atomic E-state index is 12.2. The highest BCUT2D eigenvalue weighted by Gasteiger charge is 2.32.